The van der Waals surface area contributed by atoms with Gasteiger partial charge in [-0.15, -0.1) is 11.3 Å². The minimum atomic E-state index is 1.04. The fourth-order valence-electron chi connectivity index (χ4n) is 3.86. The second-order valence-electron chi connectivity index (χ2n) is 6.21. The summed E-state index contributed by atoms with van der Waals surface area (Å²) < 4.78 is 0. The molecule has 0 unspecified atom stereocenters. The fourth-order valence-corrected chi connectivity index (χ4v) is 4.57. The summed E-state index contributed by atoms with van der Waals surface area (Å²) in [4.78, 5) is 1.38. The molecule has 2 aliphatic rings. The summed E-state index contributed by atoms with van der Waals surface area (Å²) in [5, 5.41) is 5.26. The van der Waals surface area contributed by atoms with Crippen molar-refractivity contribution in [2.24, 2.45) is 0 Å². The topological polar surface area (TPSA) is 0 Å². The summed E-state index contributed by atoms with van der Waals surface area (Å²) in [7, 11) is 0. The van der Waals surface area contributed by atoms with Crippen molar-refractivity contribution in [2.75, 3.05) is 0 Å². The highest BCUT2D eigenvalue weighted by Gasteiger charge is 2.20. The second kappa shape index (κ2) is 4.44. The van der Waals surface area contributed by atoms with Crippen molar-refractivity contribution in [2.45, 2.75) is 19.8 Å². The van der Waals surface area contributed by atoms with Gasteiger partial charge >= 0.3 is 0 Å². The zero-order chi connectivity index (χ0) is 14.7. The summed E-state index contributed by atoms with van der Waals surface area (Å²) in [6, 6.07) is 11.6. The van der Waals surface area contributed by atoms with Crippen LogP contribution in [0.1, 0.15) is 32.7 Å². The molecule has 0 saturated heterocycles. The van der Waals surface area contributed by atoms with Gasteiger partial charge in [0.05, 0.1) is 0 Å². The first-order chi connectivity index (χ1) is 10.8. The van der Waals surface area contributed by atoms with Crippen molar-refractivity contribution >= 4 is 33.8 Å². The predicted molar refractivity (Wildman–Crippen MR) is 96.5 cm³/mol. The molecule has 22 heavy (non-hydrogen) atoms. The maximum absolute atomic E-state index is 2.40. The lowest BCUT2D eigenvalue weighted by molar-refractivity contribution is 1.24. The summed E-state index contributed by atoms with van der Waals surface area (Å²) >= 11 is 1.84. The molecule has 0 N–H and O–H groups in total. The Labute approximate surface area is 134 Å². The minimum absolute atomic E-state index is 1.04. The van der Waals surface area contributed by atoms with E-state index in [1.54, 1.807) is 0 Å². The molecule has 0 fully saturated rings. The number of benzene rings is 2. The Morgan fingerprint density at radius 2 is 1.82 bits per heavy atom. The van der Waals surface area contributed by atoms with Crippen LogP contribution in [0.25, 0.3) is 22.4 Å². The van der Waals surface area contributed by atoms with Crippen molar-refractivity contribution < 1.29 is 0 Å². The normalized spacial score (nSPS) is 15.2. The lowest BCUT2D eigenvalue weighted by Gasteiger charge is -2.23. The van der Waals surface area contributed by atoms with Gasteiger partial charge in [0.15, 0.2) is 0 Å². The van der Waals surface area contributed by atoms with Crippen molar-refractivity contribution in [1.29, 1.82) is 0 Å². The number of allylic oxidation sites excluding steroid dienone is 2. The average molecular weight is 300 g/mol. The van der Waals surface area contributed by atoms with Gasteiger partial charge in [-0.05, 0) is 75.4 Å². The molecule has 2 aliphatic carbocycles. The van der Waals surface area contributed by atoms with E-state index in [1.807, 2.05) is 11.3 Å². The molecule has 0 aliphatic heterocycles. The maximum Gasteiger partial charge on any atom is 0.00205 e. The van der Waals surface area contributed by atoms with Crippen molar-refractivity contribution in [3.63, 3.8) is 0 Å². The molecule has 0 nitrogen and oxygen atoms in total. The molecule has 2 aromatic carbocycles. The van der Waals surface area contributed by atoms with Crippen molar-refractivity contribution in [1.82, 2.24) is 0 Å². The van der Waals surface area contributed by atoms with Crippen LogP contribution in [0.5, 0.6) is 0 Å². The second-order valence-corrected chi connectivity index (χ2v) is 7.33. The van der Waals surface area contributed by atoms with Crippen LogP contribution >= 0.6 is 11.3 Å². The third kappa shape index (κ3) is 1.63. The van der Waals surface area contributed by atoms with E-state index in [4.69, 9.17) is 0 Å². The molecule has 0 saturated carbocycles. The number of hydrogen-bond acceptors (Lipinski definition) is 1. The smallest absolute Gasteiger partial charge is 0.00205 e. The van der Waals surface area contributed by atoms with Crippen LogP contribution in [0.4, 0.5) is 0 Å². The molecule has 0 bridgehead atoms. The summed E-state index contributed by atoms with van der Waals surface area (Å²) in [6.07, 6.45) is 9.06. The molecule has 3 aromatic rings. The van der Waals surface area contributed by atoms with Crippen LogP contribution in [-0.2, 0) is 12.8 Å². The average Bonchev–Trinajstić information content (AvgIpc) is 2.99. The Morgan fingerprint density at radius 3 is 2.68 bits per heavy atom. The molecule has 0 amide bonds. The molecule has 106 valence electrons. The Balaban J connectivity index is 1.85. The Morgan fingerprint density at radius 1 is 0.955 bits per heavy atom. The monoisotopic (exact) mass is 300 g/mol. The molecule has 0 radical (unpaired) electrons. The Hall–Kier alpha value is -2.12. The molecule has 0 spiro atoms. The summed E-state index contributed by atoms with van der Waals surface area (Å²) in [6.45, 7) is 2.19. The first-order valence-corrected chi connectivity index (χ1v) is 8.69. The quantitative estimate of drug-likeness (QED) is 0.535. The highest BCUT2D eigenvalue weighted by molar-refractivity contribution is 7.10. The molecular formula is C21H16S. The Bertz CT molecular complexity index is 983. The fraction of sp³-hybridized carbons (Fsp3) is 0.143. The molecule has 0 atom stereocenters. The van der Waals surface area contributed by atoms with Gasteiger partial charge in [-0.2, -0.15) is 0 Å². The first kappa shape index (κ1) is 12.4. The minimum Gasteiger partial charge on any atom is -0.149 e. The van der Waals surface area contributed by atoms with Gasteiger partial charge in [0.2, 0.25) is 0 Å². The highest BCUT2D eigenvalue weighted by Crippen LogP contribution is 2.41. The predicted octanol–water partition coefficient (Wildman–Crippen LogP) is 5.77. The molecule has 1 aromatic heterocycles. The molecule has 5 rings (SSSR count). The van der Waals surface area contributed by atoms with E-state index >= 15 is 0 Å². The Kier molecular flexibility index (Phi) is 2.51. The zero-order valence-corrected chi connectivity index (χ0v) is 13.3. The number of hydrogen-bond donors (Lipinski definition) is 0. The molecule has 1 heteroatoms. The summed E-state index contributed by atoms with van der Waals surface area (Å²) in [5.74, 6) is 0. The highest BCUT2D eigenvalue weighted by atomic mass is 32.1. The van der Waals surface area contributed by atoms with Crippen LogP contribution in [0.2, 0.25) is 0 Å². The van der Waals surface area contributed by atoms with E-state index in [1.165, 1.54) is 49.0 Å². The van der Waals surface area contributed by atoms with Crippen molar-refractivity contribution in [3.05, 3.63) is 80.6 Å². The van der Waals surface area contributed by atoms with E-state index < -0.39 is 0 Å². The number of thiophene rings is 1. The molecular weight excluding hydrogens is 284 g/mol. The SMILES string of the molecule is Cc1cc(C2=CCc3ccc4c5c(ccc2c35)CC=C4)cs1. The van der Waals surface area contributed by atoms with Crippen LogP contribution in [-0.4, -0.2) is 0 Å². The van der Waals surface area contributed by atoms with E-state index in [0.29, 0.717) is 0 Å². The lowest BCUT2D eigenvalue weighted by Crippen LogP contribution is -2.03. The van der Waals surface area contributed by atoms with E-state index in [2.05, 4.69) is 60.9 Å². The van der Waals surface area contributed by atoms with Gasteiger partial charge in [-0.25, -0.2) is 0 Å². The van der Waals surface area contributed by atoms with E-state index in [9.17, 15) is 0 Å². The van der Waals surface area contributed by atoms with Crippen LogP contribution in [0.15, 0.2) is 47.9 Å². The van der Waals surface area contributed by atoms with E-state index in [-0.39, 0.29) is 0 Å². The van der Waals surface area contributed by atoms with Gasteiger partial charge in [-0.1, -0.05) is 42.5 Å². The number of aryl methyl sites for hydroxylation is 1. The standard InChI is InChI=1S/C21H16S/c1-13-11-17(12-22-13)18-9-7-16-6-5-14-3-2-4-15-8-10-19(18)21(16)20(14)15/h2-3,5-6,8-12H,4,7H2,1H3. The third-order valence-electron chi connectivity index (χ3n) is 4.86. The van der Waals surface area contributed by atoms with Crippen LogP contribution in [0, 0.1) is 6.92 Å². The van der Waals surface area contributed by atoms with Crippen molar-refractivity contribution in [3.8, 4) is 0 Å². The van der Waals surface area contributed by atoms with Gasteiger partial charge in [0, 0.05) is 4.88 Å². The van der Waals surface area contributed by atoms with E-state index in [0.717, 1.165) is 12.8 Å². The van der Waals surface area contributed by atoms with Crippen LogP contribution in [0.3, 0.4) is 0 Å². The van der Waals surface area contributed by atoms with Gasteiger partial charge < -0.3 is 0 Å². The zero-order valence-electron chi connectivity index (χ0n) is 12.5. The number of rotatable bonds is 1. The third-order valence-corrected chi connectivity index (χ3v) is 5.72. The lowest BCUT2D eigenvalue weighted by atomic mass is 9.81. The summed E-state index contributed by atoms with van der Waals surface area (Å²) in [5.41, 5.74) is 8.53. The maximum atomic E-state index is 2.40. The van der Waals surface area contributed by atoms with Gasteiger partial charge in [-0.3, -0.25) is 0 Å². The molecule has 1 heterocycles. The largest absolute Gasteiger partial charge is 0.149 e. The van der Waals surface area contributed by atoms with Gasteiger partial charge in [0.25, 0.3) is 0 Å². The van der Waals surface area contributed by atoms with Gasteiger partial charge in [0.1, 0.15) is 0 Å². The van der Waals surface area contributed by atoms with Crippen LogP contribution < -0.4 is 0 Å². The first-order valence-electron chi connectivity index (χ1n) is 7.81.